The van der Waals surface area contributed by atoms with Crippen LogP contribution in [0.5, 0.6) is 0 Å². The first-order chi connectivity index (χ1) is 12.5. The Balaban J connectivity index is 1.62. The highest BCUT2D eigenvalue weighted by molar-refractivity contribution is 6.10. The summed E-state index contributed by atoms with van der Waals surface area (Å²) >= 11 is 0. The van der Waals surface area contributed by atoms with Gasteiger partial charge >= 0.3 is 0 Å². The normalized spacial score (nSPS) is 16.5. The van der Waals surface area contributed by atoms with Crippen molar-refractivity contribution >= 4 is 23.4 Å². The third-order valence-corrected chi connectivity index (χ3v) is 4.33. The summed E-state index contributed by atoms with van der Waals surface area (Å²) in [5.41, 5.74) is 1.82. The van der Waals surface area contributed by atoms with E-state index in [1.807, 2.05) is 18.3 Å². The molecular weight excluding hydrogens is 332 g/mol. The summed E-state index contributed by atoms with van der Waals surface area (Å²) in [7, 11) is 0. The number of carbonyl (C=O) groups excluding carboxylic acids is 3. The Hall–Kier alpha value is -3.09. The molecule has 7 nitrogen and oxygen atoms in total. The molecule has 0 radical (unpaired) electrons. The molecule has 1 atom stereocenters. The van der Waals surface area contributed by atoms with E-state index >= 15 is 0 Å². The zero-order valence-corrected chi connectivity index (χ0v) is 14.8. The lowest BCUT2D eigenvalue weighted by molar-refractivity contribution is -0.125. The highest BCUT2D eigenvalue weighted by Gasteiger charge is 2.29. The molecule has 1 aromatic heterocycles. The van der Waals surface area contributed by atoms with E-state index in [1.165, 1.54) is 0 Å². The number of anilines is 1. The number of para-hydroxylation sites is 1. The number of carbonyl (C=O) groups is 3. The van der Waals surface area contributed by atoms with Crippen LogP contribution in [0.3, 0.4) is 0 Å². The highest BCUT2D eigenvalue weighted by Crippen LogP contribution is 2.18. The molecule has 0 spiro atoms. The second kappa shape index (κ2) is 7.43. The number of hydrogen-bond donors (Lipinski definition) is 3. The molecule has 3 rings (SSSR count). The lowest BCUT2D eigenvalue weighted by atomic mass is 10.1. The molecule has 0 fully saturated rings. The smallest absolute Gasteiger partial charge is 0.254 e. The monoisotopic (exact) mass is 354 g/mol. The van der Waals surface area contributed by atoms with E-state index < -0.39 is 11.9 Å². The van der Waals surface area contributed by atoms with Crippen LogP contribution in [0, 0.1) is 0 Å². The van der Waals surface area contributed by atoms with Crippen molar-refractivity contribution in [1.29, 1.82) is 0 Å². The largest absolute Gasteiger partial charge is 0.350 e. The van der Waals surface area contributed by atoms with Crippen molar-refractivity contribution in [2.75, 3.05) is 5.32 Å². The van der Waals surface area contributed by atoms with Gasteiger partial charge in [0.1, 0.15) is 6.04 Å². The van der Waals surface area contributed by atoms with E-state index in [9.17, 15) is 14.4 Å². The van der Waals surface area contributed by atoms with E-state index in [1.54, 1.807) is 24.3 Å². The molecule has 7 heteroatoms. The zero-order valence-electron chi connectivity index (χ0n) is 14.8. The summed E-state index contributed by atoms with van der Waals surface area (Å²) < 4.78 is 2.07. The first-order valence-corrected chi connectivity index (χ1v) is 8.59. The third kappa shape index (κ3) is 3.77. The van der Waals surface area contributed by atoms with E-state index in [4.69, 9.17) is 0 Å². The molecule has 0 saturated carbocycles. The maximum absolute atomic E-state index is 12.3. The summed E-state index contributed by atoms with van der Waals surface area (Å²) in [6, 6.07) is 10.0. The number of amides is 3. The molecule has 0 bridgehead atoms. The maximum Gasteiger partial charge on any atom is 0.254 e. The number of aromatic nitrogens is 1. The first kappa shape index (κ1) is 17.7. The SMILES string of the molecule is CC(C)n1cccc1CNC(=O)C[C@@H]1NC(=O)c2ccccc2NC1=O. The van der Waals surface area contributed by atoms with Crippen LogP contribution < -0.4 is 16.0 Å². The van der Waals surface area contributed by atoms with E-state index in [0.717, 1.165) is 5.69 Å². The third-order valence-electron chi connectivity index (χ3n) is 4.33. The van der Waals surface area contributed by atoms with Gasteiger partial charge in [-0.25, -0.2) is 0 Å². The van der Waals surface area contributed by atoms with Crippen molar-refractivity contribution in [3.63, 3.8) is 0 Å². The second-order valence-electron chi connectivity index (χ2n) is 6.54. The Morgan fingerprint density at radius 1 is 1.19 bits per heavy atom. The van der Waals surface area contributed by atoms with Gasteiger partial charge < -0.3 is 20.5 Å². The molecule has 1 aliphatic rings. The number of nitrogens with one attached hydrogen (secondary N) is 3. The van der Waals surface area contributed by atoms with Gasteiger partial charge in [0, 0.05) is 17.9 Å². The molecule has 136 valence electrons. The molecule has 0 saturated heterocycles. The van der Waals surface area contributed by atoms with Gasteiger partial charge in [0.25, 0.3) is 5.91 Å². The van der Waals surface area contributed by atoms with Crippen LogP contribution in [0.2, 0.25) is 0 Å². The Morgan fingerprint density at radius 3 is 2.73 bits per heavy atom. The molecule has 3 amide bonds. The topological polar surface area (TPSA) is 92.2 Å². The number of benzene rings is 1. The first-order valence-electron chi connectivity index (χ1n) is 8.59. The van der Waals surface area contributed by atoms with Crippen LogP contribution >= 0.6 is 0 Å². The average molecular weight is 354 g/mol. The minimum Gasteiger partial charge on any atom is -0.350 e. The minimum atomic E-state index is -0.910. The molecule has 1 aliphatic heterocycles. The Labute approximate surface area is 151 Å². The molecule has 2 aromatic rings. The summed E-state index contributed by atoms with van der Waals surface area (Å²) in [5, 5.41) is 8.13. The number of hydrogen-bond acceptors (Lipinski definition) is 3. The summed E-state index contributed by atoms with van der Waals surface area (Å²) in [6.45, 7) is 4.50. The van der Waals surface area contributed by atoms with Crippen molar-refractivity contribution in [2.24, 2.45) is 0 Å². The van der Waals surface area contributed by atoms with Crippen molar-refractivity contribution in [2.45, 2.75) is 38.9 Å². The van der Waals surface area contributed by atoms with Crippen molar-refractivity contribution < 1.29 is 14.4 Å². The molecule has 0 aliphatic carbocycles. The second-order valence-corrected chi connectivity index (χ2v) is 6.54. The Bertz CT molecular complexity index is 841. The quantitative estimate of drug-likeness (QED) is 0.765. The molecule has 1 aromatic carbocycles. The van der Waals surface area contributed by atoms with Gasteiger partial charge in [-0.05, 0) is 38.1 Å². The molecule has 0 unspecified atom stereocenters. The fourth-order valence-electron chi connectivity index (χ4n) is 2.98. The molecule has 2 heterocycles. The van der Waals surface area contributed by atoms with Crippen LogP contribution in [0.1, 0.15) is 42.4 Å². The van der Waals surface area contributed by atoms with E-state index in [2.05, 4.69) is 34.4 Å². The lowest BCUT2D eigenvalue weighted by Gasteiger charge is -2.16. The standard InChI is InChI=1S/C19H22N4O3/c1-12(2)23-9-5-6-13(23)11-20-17(24)10-16-19(26)21-15-8-4-3-7-14(15)18(25)22-16/h3-9,12,16H,10-11H2,1-2H3,(H,20,24)(H,21,26)(H,22,25)/t16-/m0/s1. The van der Waals surface area contributed by atoms with Crippen LogP contribution in [0.25, 0.3) is 0 Å². The fourth-order valence-corrected chi connectivity index (χ4v) is 2.98. The van der Waals surface area contributed by atoms with Crippen LogP contribution in [-0.2, 0) is 16.1 Å². The van der Waals surface area contributed by atoms with Crippen LogP contribution in [-0.4, -0.2) is 28.3 Å². The molecule has 26 heavy (non-hydrogen) atoms. The van der Waals surface area contributed by atoms with Crippen LogP contribution in [0.15, 0.2) is 42.6 Å². The van der Waals surface area contributed by atoms with Gasteiger partial charge in [0.05, 0.1) is 24.2 Å². The van der Waals surface area contributed by atoms with Crippen molar-refractivity contribution in [3.05, 3.63) is 53.9 Å². The summed E-state index contributed by atoms with van der Waals surface area (Å²) in [6.07, 6.45) is 1.84. The predicted molar refractivity (Wildman–Crippen MR) is 97.6 cm³/mol. The Kier molecular flexibility index (Phi) is 5.06. The summed E-state index contributed by atoms with van der Waals surface area (Å²) in [5.74, 6) is -1.07. The Morgan fingerprint density at radius 2 is 1.96 bits per heavy atom. The zero-order chi connectivity index (χ0) is 18.7. The van der Waals surface area contributed by atoms with E-state index in [-0.39, 0.29) is 18.2 Å². The van der Waals surface area contributed by atoms with Gasteiger partial charge in [-0.2, -0.15) is 0 Å². The lowest BCUT2D eigenvalue weighted by Crippen LogP contribution is -2.44. The highest BCUT2D eigenvalue weighted by atomic mass is 16.2. The van der Waals surface area contributed by atoms with Gasteiger partial charge in [-0.15, -0.1) is 0 Å². The van der Waals surface area contributed by atoms with Gasteiger partial charge in [0.15, 0.2) is 0 Å². The number of rotatable bonds is 5. The predicted octanol–water partition coefficient (Wildman–Crippen LogP) is 1.83. The number of fused-ring (bicyclic) bond motifs is 1. The summed E-state index contributed by atoms with van der Waals surface area (Å²) in [4.78, 5) is 36.9. The van der Waals surface area contributed by atoms with Crippen molar-refractivity contribution in [3.8, 4) is 0 Å². The molecular formula is C19H22N4O3. The fraction of sp³-hybridized carbons (Fsp3) is 0.316. The average Bonchev–Trinajstić information content (AvgIpc) is 3.04. The van der Waals surface area contributed by atoms with Gasteiger partial charge in [-0.1, -0.05) is 12.1 Å². The number of nitrogens with zero attached hydrogens (tertiary/aromatic N) is 1. The van der Waals surface area contributed by atoms with E-state index in [0.29, 0.717) is 23.8 Å². The minimum absolute atomic E-state index is 0.117. The van der Waals surface area contributed by atoms with Gasteiger partial charge in [0.2, 0.25) is 11.8 Å². The maximum atomic E-state index is 12.3. The van der Waals surface area contributed by atoms with Gasteiger partial charge in [-0.3, -0.25) is 14.4 Å². The van der Waals surface area contributed by atoms with Crippen LogP contribution in [0.4, 0.5) is 5.69 Å². The van der Waals surface area contributed by atoms with Crippen molar-refractivity contribution in [1.82, 2.24) is 15.2 Å². The molecule has 3 N–H and O–H groups in total.